The molecule has 0 aromatic carbocycles. The zero-order chi connectivity index (χ0) is 12.3. The van der Waals surface area contributed by atoms with Crippen LogP contribution >= 0.6 is 0 Å². The fraction of sp³-hybridized carbons (Fsp3) is 0.545. The maximum absolute atomic E-state index is 12.1. The molecule has 6 heteroatoms. The highest BCUT2D eigenvalue weighted by atomic mass is 16.4. The first-order valence-electron chi connectivity index (χ1n) is 5.76. The summed E-state index contributed by atoms with van der Waals surface area (Å²) in [4.78, 5) is 31.0. The zero-order valence-electron chi connectivity index (χ0n) is 9.48. The molecule has 0 atom stereocenters. The number of hydrogen-bond donors (Lipinski definition) is 2. The summed E-state index contributed by atoms with van der Waals surface area (Å²) in [6, 6.07) is 0. The molecule has 0 unspecified atom stereocenters. The van der Waals surface area contributed by atoms with Crippen LogP contribution in [0.2, 0.25) is 0 Å². The molecule has 0 saturated carbocycles. The van der Waals surface area contributed by atoms with Crippen molar-refractivity contribution in [2.24, 2.45) is 0 Å². The van der Waals surface area contributed by atoms with Gasteiger partial charge in [0.1, 0.15) is 0 Å². The van der Waals surface area contributed by atoms with E-state index in [0.29, 0.717) is 13.1 Å². The van der Waals surface area contributed by atoms with E-state index in [9.17, 15) is 9.59 Å². The molecule has 92 valence electrons. The Bertz CT molecular complexity index is 419. The molecule has 1 aromatic heterocycles. The van der Waals surface area contributed by atoms with Gasteiger partial charge in [-0.2, -0.15) is 0 Å². The molecular weight excluding hydrogens is 222 g/mol. The molecule has 2 heterocycles. The Hall–Kier alpha value is -1.85. The maximum Gasteiger partial charge on any atom is 0.354 e. The van der Waals surface area contributed by atoms with E-state index in [1.165, 1.54) is 6.33 Å². The summed E-state index contributed by atoms with van der Waals surface area (Å²) in [7, 11) is 0. The Morgan fingerprint density at radius 1 is 1.24 bits per heavy atom. The zero-order valence-corrected chi connectivity index (χ0v) is 9.48. The van der Waals surface area contributed by atoms with E-state index >= 15 is 0 Å². The fourth-order valence-corrected chi connectivity index (χ4v) is 2.04. The molecule has 1 amide bonds. The minimum atomic E-state index is -1.15. The molecule has 2 N–H and O–H groups in total. The first kappa shape index (κ1) is 11.6. The van der Waals surface area contributed by atoms with Crippen molar-refractivity contribution in [2.75, 3.05) is 13.1 Å². The van der Waals surface area contributed by atoms with E-state index in [2.05, 4.69) is 9.97 Å². The minimum absolute atomic E-state index is 0.0133. The van der Waals surface area contributed by atoms with Crippen LogP contribution < -0.4 is 0 Å². The number of amides is 1. The highest BCUT2D eigenvalue weighted by Gasteiger charge is 2.24. The summed E-state index contributed by atoms with van der Waals surface area (Å²) in [5, 5.41) is 8.92. The fourth-order valence-electron chi connectivity index (χ4n) is 2.04. The van der Waals surface area contributed by atoms with Crippen molar-refractivity contribution in [1.82, 2.24) is 14.9 Å². The number of hydrogen-bond acceptors (Lipinski definition) is 3. The van der Waals surface area contributed by atoms with Gasteiger partial charge in [0, 0.05) is 13.1 Å². The van der Waals surface area contributed by atoms with Crippen molar-refractivity contribution >= 4 is 11.9 Å². The third-order valence-corrected chi connectivity index (χ3v) is 2.95. The second kappa shape index (κ2) is 4.99. The number of rotatable bonds is 2. The van der Waals surface area contributed by atoms with Gasteiger partial charge in [0.15, 0.2) is 11.4 Å². The van der Waals surface area contributed by atoms with E-state index in [-0.39, 0.29) is 17.3 Å². The van der Waals surface area contributed by atoms with Crippen LogP contribution in [0.15, 0.2) is 6.33 Å². The molecule has 0 radical (unpaired) electrons. The molecule has 0 spiro atoms. The topological polar surface area (TPSA) is 86.3 Å². The number of nitrogens with zero attached hydrogens (tertiary/aromatic N) is 2. The molecular formula is C11H15N3O3. The number of H-pyrrole nitrogens is 1. The minimum Gasteiger partial charge on any atom is -0.477 e. The number of carboxylic acids is 1. The molecule has 1 fully saturated rings. The van der Waals surface area contributed by atoms with Gasteiger partial charge in [-0.15, -0.1) is 0 Å². The number of nitrogens with one attached hydrogen (secondary N) is 1. The smallest absolute Gasteiger partial charge is 0.354 e. The molecule has 1 aliphatic heterocycles. The summed E-state index contributed by atoms with van der Waals surface area (Å²) in [5.41, 5.74) is -0.112. The van der Waals surface area contributed by atoms with E-state index in [1.54, 1.807) is 4.90 Å². The van der Waals surface area contributed by atoms with Gasteiger partial charge in [0.05, 0.1) is 6.33 Å². The standard InChI is InChI=1S/C11H15N3O3/c15-10(14-5-3-1-2-4-6-14)8-9(11(16)17)13-7-12-8/h7H,1-6H2,(H,12,13)(H,16,17). The van der Waals surface area contributed by atoms with Gasteiger partial charge in [0.25, 0.3) is 5.91 Å². The Labute approximate surface area is 98.7 Å². The average molecular weight is 237 g/mol. The Kier molecular flexibility index (Phi) is 3.41. The second-order valence-corrected chi connectivity index (χ2v) is 4.14. The van der Waals surface area contributed by atoms with E-state index in [4.69, 9.17) is 5.11 Å². The molecule has 1 aliphatic rings. The Morgan fingerprint density at radius 3 is 2.47 bits per heavy atom. The lowest BCUT2D eigenvalue weighted by atomic mass is 10.2. The predicted molar refractivity (Wildman–Crippen MR) is 59.9 cm³/mol. The molecule has 6 nitrogen and oxygen atoms in total. The SMILES string of the molecule is O=C(O)c1[nH]cnc1C(=O)N1CCCCCC1. The van der Waals surface area contributed by atoms with Crippen molar-refractivity contribution in [2.45, 2.75) is 25.7 Å². The predicted octanol–water partition coefficient (Wildman–Crippen LogP) is 1.12. The number of likely N-dealkylation sites (tertiary alicyclic amines) is 1. The van der Waals surface area contributed by atoms with Crippen molar-refractivity contribution in [3.05, 3.63) is 17.7 Å². The number of aromatic amines is 1. The number of carboxylic acid groups (broad SMARTS) is 1. The third-order valence-electron chi connectivity index (χ3n) is 2.95. The van der Waals surface area contributed by atoms with Gasteiger partial charge in [-0.1, -0.05) is 12.8 Å². The second-order valence-electron chi connectivity index (χ2n) is 4.14. The van der Waals surface area contributed by atoms with E-state index in [0.717, 1.165) is 25.7 Å². The summed E-state index contributed by atoms with van der Waals surface area (Å²) in [6.45, 7) is 1.37. The van der Waals surface area contributed by atoms with Crippen LogP contribution in [0.1, 0.15) is 46.7 Å². The van der Waals surface area contributed by atoms with Crippen LogP contribution in [0.25, 0.3) is 0 Å². The quantitative estimate of drug-likeness (QED) is 0.807. The van der Waals surface area contributed by atoms with Crippen molar-refractivity contribution in [3.63, 3.8) is 0 Å². The summed E-state index contributed by atoms with van der Waals surface area (Å²) >= 11 is 0. The number of imidazole rings is 1. The van der Waals surface area contributed by atoms with Gasteiger partial charge >= 0.3 is 5.97 Å². The van der Waals surface area contributed by atoms with Crippen molar-refractivity contribution < 1.29 is 14.7 Å². The Morgan fingerprint density at radius 2 is 1.88 bits per heavy atom. The lowest BCUT2D eigenvalue weighted by Crippen LogP contribution is -2.33. The number of carbonyl (C=O) groups excluding carboxylic acids is 1. The average Bonchev–Trinajstić information content (AvgIpc) is 2.64. The number of carbonyl (C=O) groups is 2. The third kappa shape index (κ3) is 2.46. The van der Waals surface area contributed by atoms with Crippen LogP contribution in [0, 0.1) is 0 Å². The van der Waals surface area contributed by atoms with Gasteiger partial charge in [-0.3, -0.25) is 4.79 Å². The highest BCUT2D eigenvalue weighted by Crippen LogP contribution is 2.14. The van der Waals surface area contributed by atoms with Gasteiger partial charge in [-0.05, 0) is 12.8 Å². The van der Waals surface area contributed by atoms with Crippen LogP contribution in [0.5, 0.6) is 0 Å². The van der Waals surface area contributed by atoms with Crippen LogP contribution in [0.4, 0.5) is 0 Å². The number of aromatic carboxylic acids is 1. The van der Waals surface area contributed by atoms with Crippen molar-refractivity contribution in [1.29, 1.82) is 0 Å². The molecule has 2 rings (SSSR count). The van der Waals surface area contributed by atoms with Gasteiger partial charge in [0.2, 0.25) is 0 Å². The molecule has 0 bridgehead atoms. The van der Waals surface area contributed by atoms with Crippen molar-refractivity contribution in [3.8, 4) is 0 Å². The van der Waals surface area contributed by atoms with Crippen LogP contribution in [0.3, 0.4) is 0 Å². The maximum atomic E-state index is 12.1. The van der Waals surface area contributed by atoms with E-state index < -0.39 is 5.97 Å². The Balaban J connectivity index is 2.17. The lowest BCUT2D eigenvalue weighted by Gasteiger charge is -2.19. The molecule has 17 heavy (non-hydrogen) atoms. The summed E-state index contributed by atoms with van der Waals surface area (Å²) in [6.07, 6.45) is 5.43. The van der Waals surface area contributed by atoms with Gasteiger partial charge in [-0.25, -0.2) is 9.78 Å². The van der Waals surface area contributed by atoms with Gasteiger partial charge < -0.3 is 15.0 Å². The van der Waals surface area contributed by atoms with E-state index in [1.807, 2.05) is 0 Å². The summed E-state index contributed by atoms with van der Waals surface area (Å²) in [5.74, 6) is -1.44. The lowest BCUT2D eigenvalue weighted by molar-refractivity contribution is 0.0669. The molecule has 0 aliphatic carbocycles. The molecule has 1 aromatic rings. The molecule has 1 saturated heterocycles. The summed E-state index contributed by atoms with van der Waals surface area (Å²) < 4.78 is 0. The monoisotopic (exact) mass is 237 g/mol. The van der Waals surface area contributed by atoms with Crippen LogP contribution in [-0.4, -0.2) is 44.9 Å². The largest absolute Gasteiger partial charge is 0.477 e. The normalized spacial score (nSPS) is 16.6. The van der Waals surface area contributed by atoms with Crippen LogP contribution in [-0.2, 0) is 0 Å². The first-order valence-corrected chi connectivity index (χ1v) is 5.76. The number of aromatic nitrogens is 2. The first-order chi connectivity index (χ1) is 8.20. The highest BCUT2D eigenvalue weighted by molar-refractivity contribution is 6.02.